The molecule has 0 saturated heterocycles. The standard InChI is InChI=1S/C15H14N4O/c1-11-3-2-8-17-15(11)19-14(20)10-18-13-6-4-12(9-16)5-7-13/h2-8,18H,10H2,1H3,(H,17,19,20). The van der Waals surface area contributed by atoms with E-state index < -0.39 is 0 Å². The first kappa shape index (κ1) is 13.6. The van der Waals surface area contributed by atoms with Crippen molar-refractivity contribution in [1.82, 2.24) is 4.98 Å². The van der Waals surface area contributed by atoms with Crippen LogP contribution in [0, 0.1) is 18.3 Å². The zero-order valence-electron chi connectivity index (χ0n) is 11.1. The van der Waals surface area contributed by atoms with E-state index in [1.165, 1.54) is 0 Å². The minimum atomic E-state index is -0.170. The van der Waals surface area contributed by atoms with Crippen molar-refractivity contribution in [3.8, 4) is 6.07 Å². The van der Waals surface area contributed by atoms with Gasteiger partial charge in [0.05, 0.1) is 18.2 Å². The third-order valence-corrected chi connectivity index (χ3v) is 2.73. The van der Waals surface area contributed by atoms with Gasteiger partial charge in [0.1, 0.15) is 5.82 Å². The third kappa shape index (κ3) is 3.56. The fourth-order valence-electron chi connectivity index (χ4n) is 1.64. The Morgan fingerprint density at radius 1 is 1.30 bits per heavy atom. The normalized spacial score (nSPS) is 9.60. The van der Waals surface area contributed by atoms with E-state index in [9.17, 15) is 4.79 Å². The van der Waals surface area contributed by atoms with Crippen LogP contribution in [-0.4, -0.2) is 17.4 Å². The van der Waals surface area contributed by atoms with Crippen LogP contribution in [0.15, 0.2) is 42.6 Å². The minimum Gasteiger partial charge on any atom is -0.376 e. The molecule has 0 aliphatic rings. The first-order valence-corrected chi connectivity index (χ1v) is 6.14. The molecule has 2 aromatic rings. The lowest BCUT2D eigenvalue weighted by molar-refractivity contribution is -0.114. The molecule has 5 heteroatoms. The number of amides is 1. The molecule has 0 aliphatic heterocycles. The maximum absolute atomic E-state index is 11.8. The number of carbonyl (C=O) groups is 1. The molecule has 0 bridgehead atoms. The van der Waals surface area contributed by atoms with Crippen LogP contribution in [0.4, 0.5) is 11.5 Å². The Morgan fingerprint density at radius 3 is 2.70 bits per heavy atom. The van der Waals surface area contributed by atoms with Crippen molar-refractivity contribution in [3.05, 3.63) is 53.7 Å². The number of nitriles is 1. The molecular formula is C15H14N4O. The summed E-state index contributed by atoms with van der Waals surface area (Å²) in [5, 5.41) is 14.4. The Kier molecular flexibility index (Phi) is 4.30. The molecule has 1 heterocycles. The zero-order valence-corrected chi connectivity index (χ0v) is 11.1. The topological polar surface area (TPSA) is 77.8 Å². The number of hydrogen-bond donors (Lipinski definition) is 2. The predicted octanol–water partition coefficient (Wildman–Crippen LogP) is 2.31. The van der Waals surface area contributed by atoms with Crippen LogP contribution in [0.1, 0.15) is 11.1 Å². The number of nitrogens with one attached hydrogen (secondary N) is 2. The number of nitrogens with zero attached hydrogens (tertiary/aromatic N) is 2. The number of carbonyl (C=O) groups excluding carboxylic acids is 1. The van der Waals surface area contributed by atoms with Crippen molar-refractivity contribution in [2.75, 3.05) is 17.2 Å². The first-order valence-electron chi connectivity index (χ1n) is 6.14. The van der Waals surface area contributed by atoms with Crippen molar-refractivity contribution < 1.29 is 4.79 Å². The fourth-order valence-corrected chi connectivity index (χ4v) is 1.64. The molecule has 2 rings (SSSR count). The highest BCUT2D eigenvalue weighted by atomic mass is 16.1. The van der Waals surface area contributed by atoms with Crippen LogP contribution in [0.5, 0.6) is 0 Å². The molecule has 0 saturated carbocycles. The first-order chi connectivity index (χ1) is 9.69. The van der Waals surface area contributed by atoms with Crippen molar-refractivity contribution >= 4 is 17.4 Å². The van der Waals surface area contributed by atoms with E-state index in [0.29, 0.717) is 11.4 Å². The predicted molar refractivity (Wildman–Crippen MR) is 77.3 cm³/mol. The summed E-state index contributed by atoms with van der Waals surface area (Å²) >= 11 is 0. The molecule has 100 valence electrons. The van der Waals surface area contributed by atoms with E-state index in [2.05, 4.69) is 15.6 Å². The minimum absolute atomic E-state index is 0.141. The second-order valence-corrected chi connectivity index (χ2v) is 4.26. The average molecular weight is 266 g/mol. The molecule has 1 amide bonds. The van der Waals surface area contributed by atoms with Gasteiger partial charge in [-0.15, -0.1) is 0 Å². The molecule has 20 heavy (non-hydrogen) atoms. The summed E-state index contributed by atoms with van der Waals surface area (Å²) in [7, 11) is 0. The van der Waals surface area contributed by atoms with Crippen LogP contribution in [0.3, 0.4) is 0 Å². The highest BCUT2D eigenvalue weighted by Crippen LogP contribution is 2.10. The summed E-state index contributed by atoms with van der Waals surface area (Å²) in [6, 6.07) is 12.7. The summed E-state index contributed by atoms with van der Waals surface area (Å²) in [5.41, 5.74) is 2.29. The van der Waals surface area contributed by atoms with Gasteiger partial charge in [0, 0.05) is 11.9 Å². The van der Waals surface area contributed by atoms with Gasteiger partial charge in [-0.2, -0.15) is 5.26 Å². The van der Waals surface area contributed by atoms with Gasteiger partial charge in [0.15, 0.2) is 0 Å². The monoisotopic (exact) mass is 266 g/mol. The number of aromatic nitrogens is 1. The van der Waals surface area contributed by atoms with Crippen molar-refractivity contribution in [3.63, 3.8) is 0 Å². The van der Waals surface area contributed by atoms with Crippen LogP contribution in [0.2, 0.25) is 0 Å². The van der Waals surface area contributed by atoms with Crippen molar-refractivity contribution in [1.29, 1.82) is 5.26 Å². The number of benzene rings is 1. The summed E-state index contributed by atoms with van der Waals surface area (Å²) in [5.74, 6) is 0.398. The molecule has 1 aromatic heterocycles. The molecule has 0 atom stereocenters. The van der Waals surface area contributed by atoms with E-state index in [1.54, 1.807) is 30.5 Å². The lowest BCUT2D eigenvalue weighted by Crippen LogP contribution is -2.22. The Labute approximate surface area is 117 Å². The van der Waals surface area contributed by atoms with Crippen LogP contribution in [0.25, 0.3) is 0 Å². The highest BCUT2D eigenvalue weighted by molar-refractivity contribution is 5.93. The van der Waals surface area contributed by atoms with E-state index in [-0.39, 0.29) is 12.5 Å². The third-order valence-electron chi connectivity index (χ3n) is 2.73. The maximum atomic E-state index is 11.8. The lowest BCUT2D eigenvalue weighted by atomic mass is 10.2. The van der Waals surface area contributed by atoms with Gasteiger partial charge in [0.25, 0.3) is 0 Å². The smallest absolute Gasteiger partial charge is 0.244 e. The summed E-state index contributed by atoms with van der Waals surface area (Å²) in [6.07, 6.45) is 1.64. The summed E-state index contributed by atoms with van der Waals surface area (Å²) in [4.78, 5) is 15.9. The Balaban J connectivity index is 1.89. The van der Waals surface area contributed by atoms with Gasteiger partial charge in [-0.3, -0.25) is 4.79 Å². The van der Waals surface area contributed by atoms with Gasteiger partial charge in [-0.1, -0.05) is 6.07 Å². The SMILES string of the molecule is Cc1cccnc1NC(=O)CNc1ccc(C#N)cc1. The summed E-state index contributed by atoms with van der Waals surface area (Å²) in [6.45, 7) is 2.03. The van der Waals surface area contributed by atoms with Crippen LogP contribution in [-0.2, 0) is 4.79 Å². The molecule has 0 spiro atoms. The van der Waals surface area contributed by atoms with Crippen LogP contribution >= 0.6 is 0 Å². The molecule has 2 N–H and O–H groups in total. The molecule has 0 unspecified atom stereocenters. The van der Waals surface area contributed by atoms with Gasteiger partial charge >= 0.3 is 0 Å². The number of rotatable bonds is 4. The number of anilines is 2. The molecular weight excluding hydrogens is 252 g/mol. The number of pyridine rings is 1. The van der Waals surface area contributed by atoms with E-state index >= 15 is 0 Å². The number of aryl methyl sites for hydroxylation is 1. The number of hydrogen-bond acceptors (Lipinski definition) is 4. The fraction of sp³-hybridized carbons (Fsp3) is 0.133. The van der Waals surface area contributed by atoms with Gasteiger partial charge in [-0.25, -0.2) is 4.98 Å². The maximum Gasteiger partial charge on any atom is 0.244 e. The van der Waals surface area contributed by atoms with E-state index in [0.717, 1.165) is 11.3 Å². The molecule has 0 aliphatic carbocycles. The van der Waals surface area contributed by atoms with E-state index in [1.807, 2.05) is 25.1 Å². The van der Waals surface area contributed by atoms with Crippen molar-refractivity contribution in [2.24, 2.45) is 0 Å². The van der Waals surface area contributed by atoms with Gasteiger partial charge in [-0.05, 0) is 42.8 Å². The molecule has 5 nitrogen and oxygen atoms in total. The summed E-state index contributed by atoms with van der Waals surface area (Å²) < 4.78 is 0. The molecule has 0 fully saturated rings. The highest BCUT2D eigenvalue weighted by Gasteiger charge is 2.05. The molecule has 1 aromatic carbocycles. The quantitative estimate of drug-likeness (QED) is 0.890. The van der Waals surface area contributed by atoms with Crippen LogP contribution < -0.4 is 10.6 Å². The largest absolute Gasteiger partial charge is 0.376 e. The Morgan fingerprint density at radius 2 is 2.05 bits per heavy atom. The average Bonchev–Trinajstić information content (AvgIpc) is 2.48. The second-order valence-electron chi connectivity index (χ2n) is 4.26. The zero-order chi connectivity index (χ0) is 14.4. The Bertz CT molecular complexity index is 644. The second kappa shape index (κ2) is 6.34. The van der Waals surface area contributed by atoms with Crippen molar-refractivity contribution in [2.45, 2.75) is 6.92 Å². The lowest BCUT2D eigenvalue weighted by Gasteiger charge is -2.08. The van der Waals surface area contributed by atoms with Gasteiger partial charge in [0.2, 0.25) is 5.91 Å². The Hall–Kier alpha value is -2.87. The van der Waals surface area contributed by atoms with E-state index in [4.69, 9.17) is 5.26 Å². The van der Waals surface area contributed by atoms with Gasteiger partial charge < -0.3 is 10.6 Å². The molecule has 0 radical (unpaired) electrons.